The van der Waals surface area contributed by atoms with Crippen LogP contribution in [-0.4, -0.2) is 84.5 Å². The fourth-order valence-electron chi connectivity index (χ4n) is 3.87. The van der Waals surface area contributed by atoms with E-state index in [9.17, 15) is 14.4 Å². The van der Waals surface area contributed by atoms with E-state index in [0.29, 0.717) is 44.9 Å². The molecule has 1 fully saturated rings. The predicted octanol–water partition coefficient (Wildman–Crippen LogP) is 2.33. The van der Waals surface area contributed by atoms with Gasteiger partial charge in [-0.25, -0.2) is 4.79 Å². The summed E-state index contributed by atoms with van der Waals surface area (Å²) in [4.78, 5) is 44.6. The Balaban J connectivity index is 1.44. The van der Waals surface area contributed by atoms with Crippen molar-refractivity contribution in [1.29, 1.82) is 0 Å². The van der Waals surface area contributed by atoms with Crippen LogP contribution in [0.3, 0.4) is 0 Å². The number of aromatic amines is 1. The van der Waals surface area contributed by atoms with Gasteiger partial charge in [0.1, 0.15) is 12.3 Å². The highest BCUT2D eigenvalue weighted by atomic mass is 16.6. The van der Waals surface area contributed by atoms with Crippen LogP contribution in [0.25, 0.3) is 16.5 Å². The molecule has 8 heteroatoms. The summed E-state index contributed by atoms with van der Waals surface area (Å²) in [7, 11) is 3.45. The van der Waals surface area contributed by atoms with Crippen LogP contribution < -0.4 is 0 Å². The Labute approximate surface area is 175 Å². The molecule has 2 aromatic rings. The van der Waals surface area contributed by atoms with Crippen LogP contribution in [0, 0.1) is 0 Å². The number of ether oxygens (including phenoxy) is 1. The fourth-order valence-corrected chi connectivity index (χ4v) is 3.87. The zero-order valence-corrected chi connectivity index (χ0v) is 17.3. The number of hydrogen-bond acceptors (Lipinski definition) is 4. The van der Waals surface area contributed by atoms with Crippen molar-refractivity contribution in [2.45, 2.75) is 12.8 Å². The Morgan fingerprint density at radius 1 is 1.20 bits per heavy atom. The molecular weight excluding hydrogens is 384 g/mol. The normalized spacial score (nSPS) is 16.6. The molecule has 2 aliphatic rings. The summed E-state index contributed by atoms with van der Waals surface area (Å²) in [5.41, 5.74) is 3.58. The Morgan fingerprint density at radius 3 is 2.77 bits per heavy atom. The predicted molar refractivity (Wildman–Crippen MR) is 113 cm³/mol. The standard InChI is InChI=1S/C22H26N4O4/c1-24(2)21(28)19-13-16-6-5-15(12-18(16)23-19)17-4-3-8-26(14-17)20(27)7-9-25-10-11-30-22(25)29/h4-6,12-13,23H,3,7-11,14H2,1-2H3. The van der Waals surface area contributed by atoms with E-state index in [4.69, 9.17) is 4.74 Å². The molecule has 0 aliphatic carbocycles. The number of nitrogens with zero attached hydrogens (tertiary/aromatic N) is 3. The van der Waals surface area contributed by atoms with Gasteiger partial charge in [0.25, 0.3) is 5.91 Å². The van der Waals surface area contributed by atoms with Crippen LogP contribution in [-0.2, 0) is 9.53 Å². The van der Waals surface area contributed by atoms with Crippen LogP contribution >= 0.6 is 0 Å². The molecule has 0 spiro atoms. The second-order valence-electron chi connectivity index (χ2n) is 7.87. The molecule has 158 valence electrons. The van der Waals surface area contributed by atoms with E-state index in [2.05, 4.69) is 11.1 Å². The maximum Gasteiger partial charge on any atom is 0.409 e. The SMILES string of the molecule is CN(C)C(=O)c1cc2ccc(C3=CCCN(C(=O)CCN4CCOC4=O)C3)cc2[nH]1. The van der Waals surface area contributed by atoms with E-state index < -0.39 is 0 Å². The third kappa shape index (κ3) is 4.03. The number of rotatable bonds is 5. The first kappa shape index (κ1) is 20.0. The van der Waals surface area contributed by atoms with Gasteiger partial charge in [0.2, 0.25) is 5.91 Å². The molecule has 0 radical (unpaired) electrons. The van der Waals surface area contributed by atoms with Gasteiger partial charge < -0.3 is 24.4 Å². The van der Waals surface area contributed by atoms with Crippen LogP contribution in [0.4, 0.5) is 4.79 Å². The summed E-state index contributed by atoms with van der Waals surface area (Å²) in [6.45, 7) is 2.56. The number of hydrogen-bond donors (Lipinski definition) is 1. The summed E-state index contributed by atoms with van der Waals surface area (Å²) in [6, 6.07) is 7.91. The van der Waals surface area contributed by atoms with Gasteiger partial charge in [0, 0.05) is 51.1 Å². The molecule has 2 aliphatic heterocycles. The first-order valence-corrected chi connectivity index (χ1v) is 10.2. The summed E-state index contributed by atoms with van der Waals surface area (Å²) >= 11 is 0. The molecule has 0 unspecified atom stereocenters. The highest BCUT2D eigenvalue weighted by Gasteiger charge is 2.25. The first-order chi connectivity index (χ1) is 14.4. The second-order valence-corrected chi connectivity index (χ2v) is 7.87. The minimum absolute atomic E-state index is 0.0418. The number of cyclic esters (lactones) is 1. The van der Waals surface area contributed by atoms with E-state index >= 15 is 0 Å². The van der Waals surface area contributed by atoms with Gasteiger partial charge in [0.15, 0.2) is 0 Å². The number of benzene rings is 1. The molecule has 3 amide bonds. The van der Waals surface area contributed by atoms with Crippen molar-refractivity contribution in [3.05, 3.63) is 41.6 Å². The van der Waals surface area contributed by atoms with Crippen molar-refractivity contribution in [3.8, 4) is 0 Å². The molecule has 4 rings (SSSR count). The molecule has 1 aromatic heterocycles. The highest BCUT2D eigenvalue weighted by molar-refractivity contribution is 5.98. The minimum atomic E-state index is -0.339. The molecular formula is C22H26N4O4. The molecule has 1 aromatic carbocycles. The zero-order valence-electron chi connectivity index (χ0n) is 17.3. The maximum atomic E-state index is 12.7. The quantitative estimate of drug-likeness (QED) is 0.820. The number of carbonyl (C=O) groups is 3. The molecule has 3 heterocycles. The van der Waals surface area contributed by atoms with E-state index in [0.717, 1.165) is 28.5 Å². The molecule has 1 N–H and O–H groups in total. The summed E-state index contributed by atoms with van der Waals surface area (Å²) < 4.78 is 4.91. The lowest BCUT2D eigenvalue weighted by Crippen LogP contribution is -2.38. The van der Waals surface area contributed by atoms with Gasteiger partial charge in [-0.2, -0.15) is 0 Å². The largest absolute Gasteiger partial charge is 0.448 e. The average Bonchev–Trinajstić information content (AvgIpc) is 3.36. The van der Waals surface area contributed by atoms with Crippen molar-refractivity contribution in [2.24, 2.45) is 0 Å². The molecule has 30 heavy (non-hydrogen) atoms. The van der Waals surface area contributed by atoms with Crippen molar-refractivity contribution in [1.82, 2.24) is 19.7 Å². The van der Waals surface area contributed by atoms with E-state index in [1.54, 1.807) is 23.9 Å². The van der Waals surface area contributed by atoms with Gasteiger partial charge in [-0.15, -0.1) is 0 Å². The maximum absolute atomic E-state index is 12.7. The van der Waals surface area contributed by atoms with Crippen molar-refractivity contribution >= 4 is 34.4 Å². The minimum Gasteiger partial charge on any atom is -0.448 e. The van der Waals surface area contributed by atoms with Gasteiger partial charge in [-0.3, -0.25) is 9.59 Å². The summed E-state index contributed by atoms with van der Waals surface area (Å²) in [5.74, 6) is -0.0246. The average molecular weight is 410 g/mol. The number of nitrogens with one attached hydrogen (secondary N) is 1. The van der Waals surface area contributed by atoms with Gasteiger partial charge in [0.05, 0.1) is 6.54 Å². The van der Waals surface area contributed by atoms with E-state index in [1.807, 2.05) is 29.2 Å². The topological polar surface area (TPSA) is 85.9 Å². The lowest BCUT2D eigenvalue weighted by atomic mass is 10.00. The Hall–Kier alpha value is -3.29. The van der Waals surface area contributed by atoms with Crippen LogP contribution in [0.1, 0.15) is 28.9 Å². The molecule has 0 saturated carbocycles. The highest BCUT2D eigenvalue weighted by Crippen LogP contribution is 2.26. The number of fused-ring (bicyclic) bond motifs is 1. The van der Waals surface area contributed by atoms with Crippen molar-refractivity contribution < 1.29 is 19.1 Å². The van der Waals surface area contributed by atoms with Gasteiger partial charge >= 0.3 is 6.09 Å². The third-order valence-corrected chi connectivity index (χ3v) is 5.57. The van der Waals surface area contributed by atoms with E-state index in [1.165, 1.54) is 0 Å². The zero-order chi connectivity index (χ0) is 21.3. The molecule has 0 atom stereocenters. The van der Waals surface area contributed by atoms with Crippen LogP contribution in [0.5, 0.6) is 0 Å². The number of aromatic nitrogens is 1. The monoisotopic (exact) mass is 410 g/mol. The Morgan fingerprint density at radius 2 is 2.03 bits per heavy atom. The van der Waals surface area contributed by atoms with Gasteiger partial charge in [-0.05, 0) is 29.7 Å². The second kappa shape index (κ2) is 8.22. The van der Waals surface area contributed by atoms with Crippen LogP contribution in [0.15, 0.2) is 30.3 Å². The number of H-pyrrole nitrogens is 1. The van der Waals surface area contributed by atoms with Crippen molar-refractivity contribution in [2.75, 3.05) is 46.9 Å². The smallest absolute Gasteiger partial charge is 0.409 e. The number of carbonyl (C=O) groups excluding carboxylic acids is 3. The first-order valence-electron chi connectivity index (χ1n) is 10.2. The van der Waals surface area contributed by atoms with Crippen LogP contribution in [0.2, 0.25) is 0 Å². The summed E-state index contributed by atoms with van der Waals surface area (Å²) in [5, 5.41) is 0.978. The third-order valence-electron chi connectivity index (χ3n) is 5.57. The number of amides is 3. The molecule has 1 saturated heterocycles. The van der Waals surface area contributed by atoms with Gasteiger partial charge in [-0.1, -0.05) is 18.2 Å². The summed E-state index contributed by atoms with van der Waals surface area (Å²) in [6.07, 6.45) is 2.92. The Bertz CT molecular complexity index is 1020. The molecule has 0 bridgehead atoms. The fraction of sp³-hybridized carbons (Fsp3) is 0.409. The van der Waals surface area contributed by atoms with E-state index in [-0.39, 0.29) is 17.9 Å². The van der Waals surface area contributed by atoms with Crippen molar-refractivity contribution in [3.63, 3.8) is 0 Å². The lowest BCUT2D eigenvalue weighted by molar-refractivity contribution is -0.130. The lowest BCUT2D eigenvalue weighted by Gasteiger charge is -2.28. The Kier molecular flexibility index (Phi) is 5.48. The molecule has 8 nitrogen and oxygen atoms in total.